The Labute approximate surface area is 116 Å². The number of anilines is 1. The number of rotatable bonds is 4. The molecule has 2 rings (SSSR count). The van der Waals surface area contributed by atoms with Gasteiger partial charge in [0, 0.05) is 30.4 Å². The van der Waals surface area contributed by atoms with Crippen LogP contribution < -0.4 is 10.2 Å². The van der Waals surface area contributed by atoms with Gasteiger partial charge in [0.25, 0.3) is 5.91 Å². The lowest BCUT2D eigenvalue weighted by Gasteiger charge is -2.28. The first-order valence-electron chi connectivity index (χ1n) is 7.36. The van der Waals surface area contributed by atoms with E-state index in [1.807, 2.05) is 19.1 Å². The zero-order valence-corrected chi connectivity index (χ0v) is 12.0. The van der Waals surface area contributed by atoms with E-state index in [9.17, 15) is 4.79 Å². The van der Waals surface area contributed by atoms with E-state index in [4.69, 9.17) is 0 Å². The zero-order chi connectivity index (χ0) is 13.7. The van der Waals surface area contributed by atoms with Gasteiger partial charge in [-0.1, -0.05) is 6.92 Å². The fraction of sp³-hybridized carbons (Fsp3) is 0.562. The van der Waals surface area contributed by atoms with E-state index < -0.39 is 0 Å². The number of amides is 1. The molecule has 1 N–H and O–H groups in total. The van der Waals surface area contributed by atoms with Gasteiger partial charge in [-0.3, -0.25) is 4.79 Å². The summed E-state index contributed by atoms with van der Waals surface area (Å²) in [5.74, 6) is 0.0274. The third-order valence-electron chi connectivity index (χ3n) is 3.84. The average Bonchev–Trinajstić information content (AvgIpc) is 2.48. The number of carbonyl (C=O) groups is 1. The molecule has 1 amide bonds. The van der Waals surface area contributed by atoms with E-state index in [1.54, 1.807) is 0 Å². The second-order valence-corrected chi connectivity index (χ2v) is 5.38. The van der Waals surface area contributed by atoms with Gasteiger partial charge < -0.3 is 10.2 Å². The van der Waals surface area contributed by atoms with Crippen molar-refractivity contribution < 1.29 is 4.79 Å². The monoisotopic (exact) mass is 260 g/mol. The molecule has 0 spiro atoms. The quantitative estimate of drug-likeness (QED) is 0.901. The van der Waals surface area contributed by atoms with Gasteiger partial charge in [0.2, 0.25) is 0 Å². The minimum atomic E-state index is 0.0274. The predicted octanol–water partition coefficient (Wildman–Crippen LogP) is 3.21. The molecular formula is C16H24N2O. The average molecular weight is 260 g/mol. The fourth-order valence-corrected chi connectivity index (χ4v) is 2.38. The maximum absolute atomic E-state index is 12.0. The molecule has 1 aliphatic heterocycles. The van der Waals surface area contributed by atoms with Crippen molar-refractivity contribution in [3.05, 3.63) is 29.8 Å². The third-order valence-corrected chi connectivity index (χ3v) is 3.84. The van der Waals surface area contributed by atoms with Crippen molar-refractivity contribution in [1.82, 2.24) is 5.32 Å². The largest absolute Gasteiger partial charge is 0.372 e. The highest BCUT2D eigenvalue weighted by Gasteiger charge is 2.12. The van der Waals surface area contributed by atoms with Crippen molar-refractivity contribution in [1.29, 1.82) is 0 Å². The van der Waals surface area contributed by atoms with Crippen LogP contribution in [-0.2, 0) is 0 Å². The van der Waals surface area contributed by atoms with E-state index >= 15 is 0 Å². The standard InChI is InChI=1S/C16H24N2O/c1-3-13(2)17-16(19)14-7-9-15(10-8-14)18-11-5-4-6-12-18/h7-10,13H,3-6,11-12H2,1-2H3,(H,17,19)/t13-/m1/s1. The number of nitrogens with zero attached hydrogens (tertiary/aromatic N) is 1. The van der Waals surface area contributed by atoms with Gasteiger partial charge >= 0.3 is 0 Å². The number of benzene rings is 1. The van der Waals surface area contributed by atoms with Gasteiger partial charge in [0.05, 0.1) is 0 Å². The van der Waals surface area contributed by atoms with Crippen molar-refractivity contribution in [3.8, 4) is 0 Å². The molecule has 0 unspecified atom stereocenters. The van der Waals surface area contributed by atoms with Crippen molar-refractivity contribution in [3.63, 3.8) is 0 Å². The van der Waals surface area contributed by atoms with Crippen LogP contribution in [0.2, 0.25) is 0 Å². The van der Waals surface area contributed by atoms with Gasteiger partial charge in [0.1, 0.15) is 0 Å². The van der Waals surface area contributed by atoms with Crippen LogP contribution in [0.1, 0.15) is 49.9 Å². The van der Waals surface area contributed by atoms with Crippen LogP contribution in [-0.4, -0.2) is 25.0 Å². The van der Waals surface area contributed by atoms with Crippen LogP contribution in [0.5, 0.6) is 0 Å². The lowest BCUT2D eigenvalue weighted by atomic mass is 10.1. The number of hydrogen-bond acceptors (Lipinski definition) is 2. The van der Waals surface area contributed by atoms with E-state index in [-0.39, 0.29) is 11.9 Å². The van der Waals surface area contributed by atoms with Crippen LogP contribution in [0.3, 0.4) is 0 Å². The minimum absolute atomic E-state index is 0.0274. The first kappa shape index (κ1) is 13.9. The van der Waals surface area contributed by atoms with E-state index in [2.05, 4.69) is 29.3 Å². The summed E-state index contributed by atoms with van der Waals surface area (Å²) in [5, 5.41) is 2.99. The first-order chi connectivity index (χ1) is 9.20. The molecule has 1 fully saturated rings. The molecule has 1 saturated heterocycles. The summed E-state index contributed by atoms with van der Waals surface area (Å²) in [6, 6.07) is 8.23. The van der Waals surface area contributed by atoms with Gasteiger partial charge in [-0.05, 0) is 56.9 Å². The Morgan fingerprint density at radius 1 is 1.21 bits per heavy atom. The summed E-state index contributed by atoms with van der Waals surface area (Å²) >= 11 is 0. The number of hydrogen-bond donors (Lipinski definition) is 1. The van der Waals surface area contributed by atoms with Crippen LogP contribution in [0.4, 0.5) is 5.69 Å². The Kier molecular flexibility index (Phi) is 4.83. The first-order valence-corrected chi connectivity index (χ1v) is 7.36. The molecule has 0 aliphatic carbocycles. The Balaban J connectivity index is 1.99. The Bertz CT molecular complexity index is 407. The summed E-state index contributed by atoms with van der Waals surface area (Å²) in [7, 11) is 0. The van der Waals surface area contributed by atoms with Gasteiger partial charge in [-0.2, -0.15) is 0 Å². The second-order valence-electron chi connectivity index (χ2n) is 5.38. The van der Waals surface area contributed by atoms with Gasteiger partial charge in [-0.25, -0.2) is 0 Å². The lowest BCUT2D eigenvalue weighted by molar-refractivity contribution is 0.0939. The molecule has 1 heterocycles. The highest BCUT2D eigenvalue weighted by Crippen LogP contribution is 2.20. The van der Waals surface area contributed by atoms with Crippen LogP contribution in [0, 0.1) is 0 Å². The molecule has 3 heteroatoms. The lowest BCUT2D eigenvalue weighted by Crippen LogP contribution is -2.32. The highest BCUT2D eigenvalue weighted by molar-refractivity contribution is 5.94. The van der Waals surface area contributed by atoms with Gasteiger partial charge in [-0.15, -0.1) is 0 Å². The topological polar surface area (TPSA) is 32.3 Å². The Hall–Kier alpha value is -1.51. The maximum Gasteiger partial charge on any atom is 0.251 e. The Morgan fingerprint density at radius 2 is 1.84 bits per heavy atom. The molecule has 1 aromatic rings. The summed E-state index contributed by atoms with van der Waals surface area (Å²) in [6.45, 7) is 6.38. The summed E-state index contributed by atoms with van der Waals surface area (Å²) in [6.07, 6.45) is 4.84. The molecule has 0 aromatic heterocycles. The normalized spacial score (nSPS) is 17.1. The second kappa shape index (κ2) is 6.60. The molecule has 0 saturated carbocycles. The van der Waals surface area contributed by atoms with Crippen LogP contribution >= 0.6 is 0 Å². The summed E-state index contributed by atoms with van der Waals surface area (Å²) in [4.78, 5) is 14.4. The number of carbonyl (C=O) groups excluding carboxylic acids is 1. The van der Waals surface area contributed by atoms with E-state index in [0.717, 1.165) is 25.1 Å². The maximum atomic E-state index is 12.0. The van der Waals surface area contributed by atoms with Crippen molar-refractivity contribution in [2.24, 2.45) is 0 Å². The molecule has 3 nitrogen and oxygen atoms in total. The van der Waals surface area contributed by atoms with Crippen molar-refractivity contribution in [2.45, 2.75) is 45.6 Å². The zero-order valence-electron chi connectivity index (χ0n) is 12.0. The summed E-state index contributed by atoms with van der Waals surface area (Å²) < 4.78 is 0. The molecule has 1 aliphatic rings. The van der Waals surface area contributed by atoms with E-state index in [0.29, 0.717) is 0 Å². The van der Waals surface area contributed by atoms with Crippen molar-refractivity contribution >= 4 is 11.6 Å². The smallest absolute Gasteiger partial charge is 0.251 e. The molecule has 104 valence electrons. The van der Waals surface area contributed by atoms with Gasteiger partial charge in [0.15, 0.2) is 0 Å². The fourth-order valence-electron chi connectivity index (χ4n) is 2.38. The van der Waals surface area contributed by atoms with Crippen LogP contribution in [0.25, 0.3) is 0 Å². The number of piperidine rings is 1. The van der Waals surface area contributed by atoms with Crippen molar-refractivity contribution in [2.75, 3.05) is 18.0 Å². The predicted molar refractivity (Wildman–Crippen MR) is 79.7 cm³/mol. The van der Waals surface area contributed by atoms with E-state index in [1.165, 1.54) is 24.9 Å². The molecular weight excluding hydrogens is 236 g/mol. The molecule has 1 atom stereocenters. The molecule has 1 aromatic carbocycles. The summed E-state index contributed by atoms with van der Waals surface area (Å²) in [5.41, 5.74) is 1.99. The SMILES string of the molecule is CC[C@@H](C)NC(=O)c1ccc(N2CCCCC2)cc1. The molecule has 0 bridgehead atoms. The highest BCUT2D eigenvalue weighted by atomic mass is 16.1. The number of nitrogens with one attached hydrogen (secondary N) is 1. The van der Waals surface area contributed by atoms with Crippen LogP contribution in [0.15, 0.2) is 24.3 Å². The Morgan fingerprint density at radius 3 is 2.42 bits per heavy atom. The molecule has 0 radical (unpaired) electrons. The molecule has 19 heavy (non-hydrogen) atoms. The third kappa shape index (κ3) is 3.72. The minimum Gasteiger partial charge on any atom is -0.372 e.